The molecule has 0 radical (unpaired) electrons. The summed E-state index contributed by atoms with van der Waals surface area (Å²) in [5.74, 6) is 0.964. The van der Waals surface area contributed by atoms with Gasteiger partial charge in [-0.15, -0.1) is 0 Å². The number of nitrogens with one attached hydrogen (secondary N) is 3. The van der Waals surface area contributed by atoms with E-state index in [-0.39, 0.29) is 11.1 Å². The highest BCUT2D eigenvalue weighted by molar-refractivity contribution is 7.09. The van der Waals surface area contributed by atoms with Crippen LogP contribution in [0, 0.1) is 0 Å². The SMILES string of the molecule is CC(Cc1nsc(NC2CC2)n1)NC1CC(C)(C)NC(C)(C)C1. The van der Waals surface area contributed by atoms with Crippen LogP contribution in [0.5, 0.6) is 0 Å². The lowest BCUT2D eigenvalue weighted by molar-refractivity contribution is 0.140. The molecule has 0 spiro atoms. The van der Waals surface area contributed by atoms with Crippen molar-refractivity contribution in [3.8, 4) is 0 Å². The van der Waals surface area contributed by atoms with Crippen LogP contribution < -0.4 is 16.0 Å². The molecule has 5 nitrogen and oxygen atoms in total. The third kappa shape index (κ3) is 5.13. The van der Waals surface area contributed by atoms with Gasteiger partial charge < -0.3 is 16.0 Å². The molecule has 0 amide bonds. The van der Waals surface area contributed by atoms with E-state index in [1.807, 2.05) is 0 Å². The van der Waals surface area contributed by atoms with Crippen LogP contribution in [0.2, 0.25) is 0 Å². The number of aromatic nitrogens is 2. The number of hydrogen-bond acceptors (Lipinski definition) is 6. The van der Waals surface area contributed by atoms with Gasteiger partial charge in [0.25, 0.3) is 0 Å². The second kappa shape index (κ2) is 6.30. The van der Waals surface area contributed by atoms with Crippen LogP contribution in [0.3, 0.4) is 0 Å². The molecule has 23 heavy (non-hydrogen) atoms. The summed E-state index contributed by atoms with van der Waals surface area (Å²) in [5, 5.41) is 12.0. The zero-order chi connectivity index (χ0) is 16.7. The van der Waals surface area contributed by atoms with Crippen LogP contribution >= 0.6 is 11.5 Å². The second-order valence-electron chi connectivity index (χ2n) is 8.70. The molecule has 2 heterocycles. The molecule has 1 aromatic rings. The van der Waals surface area contributed by atoms with Crippen molar-refractivity contribution in [1.29, 1.82) is 0 Å². The summed E-state index contributed by atoms with van der Waals surface area (Å²) >= 11 is 1.50. The quantitative estimate of drug-likeness (QED) is 0.745. The first-order valence-corrected chi connectivity index (χ1v) is 9.63. The van der Waals surface area contributed by atoms with Crippen LogP contribution in [0.1, 0.15) is 66.1 Å². The Kier molecular flexibility index (Phi) is 4.69. The third-order valence-corrected chi connectivity index (χ3v) is 5.26. The Morgan fingerprint density at radius 3 is 2.43 bits per heavy atom. The molecule has 1 saturated carbocycles. The predicted molar refractivity (Wildman–Crippen MR) is 97.2 cm³/mol. The van der Waals surface area contributed by atoms with Crippen molar-refractivity contribution in [2.24, 2.45) is 0 Å². The highest BCUT2D eigenvalue weighted by atomic mass is 32.1. The third-order valence-electron chi connectivity index (χ3n) is 4.57. The minimum absolute atomic E-state index is 0.180. The van der Waals surface area contributed by atoms with Crippen molar-refractivity contribution in [1.82, 2.24) is 20.0 Å². The summed E-state index contributed by atoms with van der Waals surface area (Å²) in [5.41, 5.74) is 0.360. The molecule has 1 atom stereocenters. The van der Waals surface area contributed by atoms with Gasteiger partial charge in [0, 0.05) is 47.2 Å². The minimum Gasteiger partial charge on any atom is -0.358 e. The largest absolute Gasteiger partial charge is 0.358 e. The summed E-state index contributed by atoms with van der Waals surface area (Å²) in [6.45, 7) is 11.4. The zero-order valence-electron chi connectivity index (χ0n) is 15.1. The van der Waals surface area contributed by atoms with Crippen molar-refractivity contribution in [3.63, 3.8) is 0 Å². The number of anilines is 1. The molecular weight excluding hydrogens is 306 g/mol. The molecule has 1 aliphatic carbocycles. The molecule has 0 aromatic carbocycles. The first kappa shape index (κ1) is 17.1. The lowest BCUT2D eigenvalue weighted by atomic mass is 9.79. The fourth-order valence-electron chi connectivity index (χ4n) is 3.97. The summed E-state index contributed by atoms with van der Waals surface area (Å²) in [7, 11) is 0. The Bertz CT molecular complexity index is 519. The molecule has 1 saturated heterocycles. The van der Waals surface area contributed by atoms with E-state index in [1.54, 1.807) is 0 Å². The molecule has 3 N–H and O–H groups in total. The maximum Gasteiger partial charge on any atom is 0.202 e. The molecular formula is C17H31N5S. The van der Waals surface area contributed by atoms with Crippen LogP contribution in [0.15, 0.2) is 0 Å². The molecule has 130 valence electrons. The normalized spacial score (nSPS) is 25.3. The maximum atomic E-state index is 4.62. The highest BCUT2D eigenvalue weighted by Crippen LogP contribution is 2.29. The van der Waals surface area contributed by atoms with E-state index in [4.69, 9.17) is 0 Å². The molecule has 1 unspecified atom stereocenters. The van der Waals surface area contributed by atoms with E-state index >= 15 is 0 Å². The van der Waals surface area contributed by atoms with Gasteiger partial charge in [-0.1, -0.05) is 0 Å². The Hall–Kier alpha value is -0.720. The van der Waals surface area contributed by atoms with Crippen molar-refractivity contribution in [2.75, 3.05) is 5.32 Å². The van der Waals surface area contributed by atoms with Gasteiger partial charge in [0.2, 0.25) is 5.13 Å². The lowest BCUT2D eigenvalue weighted by Gasteiger charge is -2.47. The summed E-state index contributed by atoms with van der Waals surface area (Å²) in [6.07, 6.45) is 5.75. The van der Waals surface area contributed by atoms with Gasteiger partial charge in [0.15, 0.2) is 0 Å². The first-order chi connectivity index (χ1) is 10.7. The Balaban J connectivity index is 1.51. The average molecular weight is 338 g/mol. The minimum atomic E-state index is 0.180. The fraction of sp³-hybridized carbons (Fsp3) is 0.882. The van der Waals surface area contributed by atoms with E-state index in [1.165, 1.54) is 24.4 Å². The Morgan fingerprint density at radius 2 is 1.83 bits per heavy atom. The zero-order valence-corrected chi connectivity index (χ0v) is 15.9. The Morgan fingerprint density at radius 1 is 1.17 bits per heavy atom. The Labute approximate surface area is 144 Å². The molecule has 1 aromatic heterocycles. The van der Waals surface area contributed by atoms with Gasteiger partial charge in [-0.2, -0.15) is 4.37 Å². The van der Waals surface area contributed by atoms with Crippen molar-refractivity contribution >= 4 is 16.7 Å². The molecule has 1 aliphatic heterocycles. The van der Waals surface area contributed by atoms with Gasteiger partial charge in [0.05, 0.1) is 0 Å². The molecule has 6 heteroatoms. The van der Waals surface area contributed by atoms with Gasteiger partial charge in [0.1, 0.15) is 5.82 Å². The lowest BCUT2D eigenvalue weighted by Crippen LogP contribution is -2.62. The van der Waals surface area contributed by atoms with Crippen molar-refractivity contribution < 1.29 is 0 Å². The van der Waals surface area contributed by atoms with E-state index in [2.05, 4.69) is 59.9 Å². The monoisotopic (exact) mass is 337 g/mol. The standard InChI is InChI=1S/C17H31N5S/c1-11(8-14-20-15(23-21-14)19-12-6-7-12)18-13-9-16(2,3)22-17(4,5)10-13/h11-13,18,22H,6-10H2,1-5H3,(H,19,20,21). The highest BCUT2D eigenvalue weighted by Gasteiger charge is 2.37. The van der Waals surface area contributed by atoms with E-state index in [0.29, 0.717) is 18.1 Å². The van der Waals surface area contributed by atoms with Gasteiger partial charge in [-0.05, 0) is 60.3 Å². The maximum absolute atomic E-state index is 4.62. The van der Waals surface area contributed by atoms with Gasteiger partial charge >= 0.3 is 0 Å². The van der Waals surface area contributed by atoms with Crippen molar-refractivity contribution in [3.05, 3.63) is 5.82 Å². The number of piperidine rings is 1. The van der Waals surface area contributed by atoms with E-state index in [9.17, 15) is 0 Å². The van der Waals surface area contributed by atoms with Gasteiger partial charge in [-0.25, -0.2) is 4.98 Å². The van der Waals surface area contributed by atoms with Crippen molar-refractivity contribution in [2.45, 2.75) is 95.9 Å². The fourth-order valence-corrected chi connectivity index (χ4v) is 4.65. The second-order valence-corrected chi connectivity index (χ2v) is 9.46. The van der Waals surface area contributed by atoms with Gasteiger partial charge in [-0.3, -0.25) is 0 Å². The molecule has 2 aliphatic rings. The van der Waals surface area contributed by atoms with Crippen LogP contribution in [0.25, 0.3) is 0 Å². The first-order valence-electron chi connectivity index (χ1n) is 8.85. The van der Waals surface area contributed by atoms with E-state index in [0.717, 1.165) is 30.2 Å². The van der Waals surface area contributed by atoms with Crippen LogP contribution in [-0.2, 0) is 6.42 Å². The summed E-state index contributed by atoms with van der Waals surface area (Å²) in [4.78, 5) is 4.62. The average Bonchev–Trinajstić information content (AvgIpc) is 3.05. The molecule has 2 fully saturated rings. The van der Waals surface area contributed by atoms with Crippen LogP contribution in [-0.4, -0.2) is 38.6 Å². The number of hydrogen-bond donors (Lipinski definition) is 3. The smallest absolute Gasteiger partial charge is 0.202 e. The predicted octanol–water partition coefficient (Wildman–Crippen LogP) is 2.94. The number of nitrogens with zero attached hydrogens (tertiary/aromatic N) is 2. The van der Waals surface area contributed by atoms with Crippen LogP contribution in [0.4, 0.5) is 5.13 Å². The number of rotatable bonds is 6. The summed E-state index contributed by atoms with van der Waals surface area (Å²) in [6, 6.07) is 1.58. The summed E-state index contributed by atoms with van der Waals surface area (Å²) < 4.78 is 4.50. The molecule has 0 bridgehead atoms. The topological polar surface area (TPSA) is 61.9 Å². The van der Waals surface area contributed by atoms with E-state index < -0.39 is 0 Å². The molecule has 3 rings (SSSR count).